The first-order valence-electron chi connectivity index (χ1n) is 7.61. The number of nitro groups is 1. The fraction of sp³-hybridized carbons (Fsp3) is 0.222. The topological polar surface area (TPSA) is 86.5 Å². The molecule has 0 radical (unpaired) electrons. The molecule has 0 saturated carbocycles. The number of ketones is 1. The molecule has 1 atom stereocenters. The summed E-state index contributed by atoms with van der Waals surface area (Å²) in [6.07, 6.45) is -0.149. The number of carbonyl (C=O) groups is 2. The van der Waals surface area contributed by atoms with Gasteiger partial charge in [0.15, 0.2) is 6.10 Å². The highest BCUT2D eigenvalue weighted by Gasteiger charge is 2.22. The second kappa shape index (κ2) is 7.90. The number of aryl methyl sites for hydroxylation is 1. The lowest BCUT2D eigenvalue weighted by Gasteiger charge is -2.13. The van der Waals surface area contributed by atoms with Gasteiger partial charge in [0.05, 0.1) is 15.5 Å². The molecular weight excluding hydrogens is 346 g/mol. The SMILES string of the molecule is CCc1ccc(C(=O)[C@@H](C)OC(=O)c2ccc([N+](=O)[O-])cc2Cl)cc1. The molecule has 2 rings (SSSR count). The first-order valence-corrected chi connectivity index (χ1v) is 7.99. The number of Topliss-reactive ketones (excluding diaryl/α,β-unsaturated/α-hetero) is 1. The molecule has 0 spiro atoms. The Hall–Kier alpha value is -2.73. The van der Waals surface area contributed by atoms with Crippen LogP contribution < -0.4 is 0 Å². The highest BCUT2D eigenvalue weighted by atomic mass is 35.5. The summed E-state index contributed by atoms with van der Waals surface area (Å²) < 4.78 is 5.15. The zero-order valence-corrected chi connectivity index (χ0v) is 14.4. The van der Waals surface area contributed by atoms with Gasteiger partial charge in [0.1, 0.15) is 0 Å². The van der Waals surface area contributed by atoms with Crippen molar-refractivity contribution in [1.29, 1.82) is 0 Å². The van der Waals surface area contributed by atoms with Crippen molar-refractivity contribution in [3.63, 3.8) is 0 Å². The highest BCUT2D eigenvalue weighted by molar-refractivity contribution is 6.33. The average molecular weight is 362 g/mol. The first-order chi connectivity index (χ1) is 11.8. The van der Waals surface area contributed by atoms with Crippen molar-refractivity contribution in [3.8, 4) is 0 Å². The van der Waals surface area contributed by atoms with E-state index >= 15 is 0 Å². The average Bonchev–Trinajstić information content (AvgIpc) is 2.60. The van der Waals surface area contributed by atoms with E-state index in [1.165, 1.54) is 13.0 Å². The second-order valence-electron chi connectivity index (χ2n) is 5.38. The van der Waals surface area contributed by atoms with Crippen LogP contribution in [0.1, 0.15) is 40.1 Å². The molecular formula is C18H16ClNO5. The molecule has 0 aliphatic heterocycles. The molecule has 7 heteroatoms. The summed E-state index contributed by atoms with van der Waals surface area (Å²) in [4.78, 5) is 34.6. The zero-order chi connectivity index (χ0) is 18.6. The summed E-state index contributed by atoms with van der Waals surface area (Å²) in [7, 11) is 0. The first kappa shape index (κ1) is 18.6. The van der Waals surface area contributed by atoms with Crippen molar-refractivity contribution >= 4 is 29.0 Å². The standard InChI is InChI=1S/C18H16ClNO5/c1-3-12-4-6-13(7-5-12)17(21)11(2)25-18(22)15-9-8-14(20(23)24)10-16(15)19/h4-11H,3H2,1-2H3/t11-/m1/s1. The van der Waals surface area contributed by atoms with E-state index in [9.17, 15) is 19.7 Å². The monoisotopic (exact) mass is 361 g/mol. The fourth-order valence-corrected chi connectivity index (χ4v) is 2.45. The summed E-state index contributed by atoms with van der Waals surface area (Å²) in [6.45, 7) is 3.47. The van der Waals surface area contributed by atoms with Crippen LogP contribution in [-0.4, -0.2) is 22.8 Å². The predicted molar refractivity (Wildman–Crippen MR) is 93.1 cm³/mol. The van der Waals surface area contributed by atoms with Crippen LogP contribution in [0.3, 0.4) is 0 Å². The zero-order valence-electron chi connectivity index (χ0n) is 13.7. The fourth-order valence-electron chi connectivity index (χ4n) is 2.20. The molecule has 0 fully saturated rings. The van der Waals surface area contributed by atoms with Gasteiger partial charge < -0.3 is 4.74 Å². The molecule has 2 aromatic rings. The molecule has 0 N–H and O–H groups in total. The molecule has 130 valence electrons. The van der Waals surface area contributed by atoms with E-state index in [0.717, 1.165) is 24.1 Å². The van der Waals surface area contributed by atoms with Crippen LogP contribution in [0.4, 0.5) is 5.69 Å². The molecule has 0 aliphatic carbocycles. The van der Waals surface area contributed by atoms with Gasteiger partial charge in [-0.1, -0.05) is 42.8 Å². The molecule has 25 heavy (non-hydrogen) atoms. The Kier molecular flexibility index (Phi) is 5.88. The number of rotatable bonds is 6. The number of hydrogen-bond donors (Lipinski definition) is 0. The lowest BCUT2D eigenvalue weighted by Crippen LogP contribution is -2.24. The molecule has 0 heterocycles. The van der Waals surface area contributed by atoms with Crippen molar-refractivity contribution in [2.75, 3.05) is 0 Å². The summed E-state index contributed by atoms with van der Waals surface area (Å²) in [5.74, 6) is -1.15. The van der Waals surface area contributed by atoms with E-state index in [-0.39, 0.29) is 22.1 Å². The van der Waals surface area contributed by atoms with Gasteiger partial charge in [-0.2, -0.15) is 0 Å². The van der Waals surface area contributed by atoms with Crippen molar-refractivity contribution in [3.05, 3.63) is 74.3 Å². The van der Waals surface area contributed by atoms with Crippen LogP contribution >= 0.6 is 11.6 Å². The van der Waals surface area contributed by atoms with Gasteiger partial charge in [0, 0.05) is 17.7 Å². The van der Waals surface area contributed by atoms with Crippen molar-refractivity contribution < 1.29 is 19.2 Å². The Labute approximate surface area is 149 Å². The maximum absolute atomic E-state index is 12.3. The Morgan fingerprint density at radius 1 is 1.20 bits per heavy atom. The number of hydrogen-bond acceptors (Lipinski definition) is 5. The van der Waals surface area contributed by atoms with Crippen LogP contribution in [0.15, 0.2) is 42.5 Å². The Bertz CT molecular complexity index is 817. The minimum atomic E-state index is -1.01. The molecule has 0 aliphatic rings. The van der Waals surface area contributed by atoms with Crippen LogP contribution in [0, 0.1) is 10.1 Å². The Morgan fingerprint density at radius 2 is 1.84 bits per heavy atom. The quantitative estimate of drug-likeness (QED) is 0.332. The minimum absolute atomic E-state index is 0.0340. The highest BCUT2D eigenvalue weighted by Crippen LogP contribution is 2.23. The second-order valence-corrected chi connectivity index (χ2v) is 5.79. The van der Waals surface area contributed by atoms with Gasteiger partial charge in [0.2, 0.25) is 5.78 Å². The maximum atomic E-state index is 12.3. The lowest BCUT2D eigenvalue weighted by molar-refractivity contribution is -0.384. The number of ether oxygens (including phenoxy) is 1. The summed E-state index contributed by atoms with van der Waals surface area (Å²) in [5.41, 5.74) is 1.26. The van der Waals surface area contributed by atoms with E-state index in [1.807, 2.05) is 19.1 Å². The lowest BCUT2D eigenvalue weighted by atomic mass is 10.0. The molecule has 0 unspecified atom stereocenters. The number of carbonyl (C=O) groups excluding carboxylic acids is 2. The number of nitro benzene ring substituents is 1. The third-order valence-electron chi connectivity index (χ3n) is 3.68. The van der Waals surface area contributed by atoms with Gasteiger partial charge in [-0.25, -0.2) is 4.79 Å². The summed E-state index contributed by atoms with van der Waals surface area (Å²) in [5, 5.41) is 10.6. The van der Waals surface area contributed by atoms with Crippen LogP contribution in [-0.2, 0) is 11.2 Å². The number of nitrogens with zero attached hydrogens (tertiary/aromatic N) is 1. The normalized spacial score (nSPS) is 11.6. The minimum Gasteiger partial charge on any atom is -0.451 e. The van der Waals surface area contributed by atoms with Crippen LogP contribution in [0.25, 0.3) is 0 Å². The third-order valence-corrected chi connectivity index (χ3v) is 4.00. The largest absolute Gasteiger partial charge is 0.451 e. The van der Waals surface area contributed by atoms with Gasteiger partial charge >= 0.3 is 5.97 Å². The van der Waals surface area contributed by atoms with E-state index in [2.05, 4.69) is 0 Å². The summed E-state index contributed by atoms with van der Waals surface area (Å²) >= 11 is 5.89. The third kappa shape index (κ3) is 4.42. The van der Waals surface area contributed by atoms with Crippen molar-refractivity contribution in [2.45, 2.75) is 26.4 Å². The number of benzene rings is 2. The van der Waals surface area contributed by atoms with Crippen LogP contribution in [0.5, 0.6) is 0 Å². The maximum Gasteiger partial charge on any atom is 0.340 e. The molecule has 0 aromatic heterocycles. The van der Waals surface area contributed by atoms with Crippen LogP contribution in [0.2, 0.25) is 5.02 Å². The summed E-state index contributed by atoms with van der Waals surface area (Å²) in [6, 6.07) is 10.5. The van der Waals surface area contributed by atoms with Gasteiger partial charge in [-0.15, -0.1) is 0 Å². The van der Waals surface area contributed by atoms with Gasteiger partial charge in [-0.05, 0) is 25.0 Å². The smallest absolute Gasteiger partial charge is 0.340 e. The van der Waals surface area contributed by atoms with E-state index in [4.69, 9.17) is 16.3 Å². The van der Waals surface area contributed by atoms with Gasteiger partial charge in [0.25, 0.3) is 5.69 Å². The number of non-ortho nitro benzene ring substituents is 1. The van der Waals surface area contributed by atoms with E-state index < -0.39 is 17.0 Å². The molecule has 2 aromatic carbocycles. The number of esters is 1. The molecule has 6 nitrogen and oxygen atoms in total. The van der Waals surface area contributed by atoms with Crippen molar-refractivity contribution in [2.24, 2.45) is 0 Å². The molecule has 0 bridgehead atoms. The Balaban J connectivity index is 2.11. The van der Waals surface area contributed by atoms with Crippen molar-refractivity contribution in [1.82, 2.24) is 0 Å². The Morgan fingerprint density at radius 3 is 2.36 bits per heavy atom. The molecule has 0 saturated heterocycles. The predicted octanol–water partition coefficient (Wildman–Crippen LogP) is 4.24. The van der Waals surface area contributed by atoms with Gasteiger partial charge in [-0.3, -0.25) is 14.9 Å². The van der Waals surface area contributed by atoms with E-state index in [1.54, 1.807) is 12.1 Å². The molecule has 0 amide bonds. The number of halogens is 1. The van der Waals surface area contributed by atoms with E-state index in [0.29, 0.717) is 5.56 Å².